The molecule has 0 aliphatic rings. The minimum atomic E-state index is -4.96. The molecule has 3 N–H and O–H groups in total. The number of benzene rings is 1. The van der Waals surface area contributed by atoms with Crippen LogP contribution in [0.25, 0.3) is 5.65 Å². The number of halogens is 3. The zero-order valence-electron chi connectivity index (χ0n) is 19.4. The second kappa shape index (κ2) is 11.7. The number of nitrogens with one attached hydrogen (secondary N) is 1. The van der Waals surface area contributed by atoms with E-state index in [0.29, 0.717) is 11.3 Å². The second-order valence-corrected chi connectivity index (χ2v) is 8.42. The number of carbonyl (C=O) groups is 1. The molecule has 0 bridgehead atoms. The number of nitriles is 1. The molecule has 3 heterocycles. The van der Waals surface area contributed by atoms with E-state index >= 15 is 0 Å². The molecule has 3 aromatic heterocycles. The van der Waals surface area contributed by atoms with E-state index < -0.39 is 34.1 Å². The number of pyridine rings is 2. The molecule has 204 valence electrons. The summed E-state index contributed by atoms with van der Waals surface area (Å²) in [5.74, 6) is -1.22. The summed E-state index contributed by atoms with van der Waals surface area (Å²) in [4.78, 5) is 29.4. The molecule has 39 heavy (non-hydrogen) atoms. The van der Waals surface area contributed by atoms with E-state index in [2.05, 4.69) is 20.1 Å². The van der Waals surface area contributed by atoms with Crippen molar-refractivity contribution in [3.8, 4) is 11.8 Å². The van der Waals surface area contributed by atoms with Crippen molar-refractivity contribution >= 4 is 22.0 Å². The van der Waals surface area contributed by atoms with E-state index in [4.69, 9.17) is 22.8 Å². The fraction of sp³-hybridized carbons (Fsp3) is 0.136. The Morgan fingerprint density at radius 1 is 1.15 bits per heavy atom. The summed E-state index contributed by atoms with van der Waals surface area (Å²) < 4.78 is 76.1. The summed E-state index contributed by atoms with van der Waals surface area (Å²) >= 11 is 0. The second-order valence-electron chi connectivity index (χ2n) is 7.52. The first-order valence-corrected chi connectivity index (χ1v) is 11.9. The highest BCUT2D eigenvalue weighted by atomic mass is 32.3. The third kappa shape index (κ3) is 8.63. The van der Waals surface area contributed by atoms with Gasteiger partial charge in [-0.2, -0.15) is 13.7 Å². The molecule has 0 unspecified atom stereocenters. The quantitative estimate of drug-likeness (QED) is 0.291. The normalized spacial score (nSPS) is 11.3. The van der Waals surface area contributed by atoms with Crippen LogP contribution in [-0.4, -0.2) is 49.0 Å². The van der Waals surface area contributed by atoms with Gasteiger partial charge in [0.15, 0.2) is 5.65 Å². The molecule has 0 fully saturated rings. The summed E-state index contributed by atoms with van der Waals surface area (Å²) in [5.41, 5.74) is 0.547. The monoisotopic (exact) mass is 566 g/mol. The number of fused-ring (bicyclic) bond motifs is 1. The Morgan fingerprint density at radius 2 is 1.87 bits per heavy atom. The maximum Gasteiger partial charge on any atom is 0.573 e. The van der Waals surface area contributed by atoms with Crippen molar-refractivity contribution in [3.05, 3.63) is 93.8 Å². The maximum absolute atomic E-state index is 12.7. The summed E-state index contributed by atoms with van der Waals surface area (Å²) in [6.45, 7) is -0.161. The van der Waals surface area contributed by atoms with Crippen LogP contribution in [0.3, 0.4) is 0 Å². The molecule has 13 nitrogen and oxygen atoms in total. The van der Waals surface area contributed by atoms with Gasteiger partial charge in [0, 0.05) is 24.5 Å². The van der Waals surface area contributed by atoms with Crippen LogP contribution in [0.2, 0.25) is 0 Å². The molecule has 0 saturated carbocycles. The number of ether oxygens (including phenoxy) is 1. The van der Waals surface area contributed by atoms with Gasteiger partial charge in [-0.25, -0.2) is 13.9 Å². The first-order valence-electron chi connectivity index (χ1n) is 10.5. The van der Waals surface area contributed by atoms with E-state index in [1.807, 2.05) is 0 Å². The lowest BCUT2D eigenvalue weighted by atomic mass is 10.1. The lowest BCUT2D eigenvalue weighted by molar-refractivity contribution is -0.274. The van der Waals surface area contributed by atoms with Gasteiger partial charge in [0.2, 0.25) is 0 Å². The predicted octanol–water partition coefficient (Wildman–Crippen LogP) is 1.99. The number of hydrogen-bond donors (Lipinski definition) is 3. The van der Waals surface area contributed by atoms with Crippen LogP contribution in [0.4, 0.5) is 13.2 Å². The van der Waals surface area contributed by atoms with E-state index in [9.17, 15) is 22.8 Å². The highest BCUT2D eigenvalue weighted by molar-refractivity contribution is 7.79. The zero-order chi connectivity index (χ0) is 28.8. The Hall–Kier alpha value is -4.79. The smallest absolute Gasteiger partial charge is 0.405 e. The molecule has 4 rings (SSSR count). The molecule has 1 amide bonds. The Bertz CT molecular complexity index is 1690. The summed E-state index contributed by atoms with van der Waals surface area (Å²) in [7, 11) is -4.67. The van der Waals surface area contributed by atoms with Gasteiger partial charge >= 0.3 is 22.5 Å². The van der Waals surface area contributed by atoms with Crippen LogP contribution < -0.4 is 15.7 Å². The van der Waals surface area contributed by atoms with Crippen LogP contribution in [0.5, 0.6) is 5.75 Å². The molecule has 1 aromatic carbocycles. The van der Waals surface area contributed by atoms with Crippen LogP contribution in [0, 0.1) is 11.3 Å². The molecule has 0 spiro atoms. The molecule has 0 radical (unpaired) electrons. The van der Waals surface area contributed by atoms with Crippen molar-refractivity contribution in [2.75, 3.05) is 0 Å². The minimum Gasteiger partial charge on any atom is -0.405 e. The van der Waals surface area contributed by atoms with Gasteiger partial charge in [-0.1, -0.05) is 12.1 Å². The van der Waals surface area contributed by atoms with Crippen molar-refractivity contribution < 1.29 is 40.2 Å². The van der Waals surface area contributed by atoms with E-state index in [0.717, 1.165) is 6.07 Å². The van der Waals surface area contributed by atoms with Crippen molar-refractivity contribution in [1.29, 1.82) is 5.26 Å². The lowest BCUT2D eigenvalue weighted by Gasteiger charge is -2.14. The number of carbonyl (C=O) groups excluding carboxylic acids is 1. The third-order valence-corrected chi connectivity index (χ3v) is 4.74. The molecular formula is C22H17F3N6O7S. The maximum atomic E-state index is 12.7. The summed E-state index contributed by atoms with van der Waals surface area (Å²) in [5, 5.41) is 15.6. The van der Waals surface area contributed by atoms with Gasteiger partial charge in [-0.05, 0) is 36.4 Å². The molecule has 0 atom stereocenters. The van der Waals surface area contributed by atoms with Crippen LogP contribution in [0.1, 0.15) is 27.2 Å². The molecule has 0 aliphatic heterocycles. The van der Waals surface area contributed by atoms with Crippen molar-refractivity contribution in [2.24, 2.45) is 0 Å². The Kier molecular flexibility index (Phi) is 8.65. The Labute approximate surface area is 217 Å². The molecule has 17 heteroatoms. The largest absolute Gasteiger partial charge is 0.573 e. The average molecular weight is 566 g/mol. The number of alkyl halides is 3. The van der Waals surface area contributed by atoms with Gasteiger partial charge < -0.3 is 10.1 Å². The highest BCUT2D eigenvalue weighted by Crippen LogP contribution is 2.27. The Morgan fingerprint density at radius 3 is 2.49 bits per heavy atom. The van der Waals surface area contributed by atoms with Crippen molar-refractivity contribution in [2.45, 2.75) is 19.5 Å². The highest BCUT2D eigenvalue weighted by Gasteiger charge is 2.32. The number of hydrogen-bond acceptors (Lipinski definition) is 8. The summed E-state index contributed by atoms with van der Waals surface area (Å²) in [6, 6.07) is 13.4. The van der Waals surface area contributed by atoms with Gasteiger partial charge in [0.25, 0.3) is 5.91 Å². The first-order chi connectivity index (χ1) is 18.2. The van der Waals surface area contributed by atoms with Crippen molar-refractivity contribution in [1.82, 2.24) is 24.5 Å². The average Bonchev–Trinajstić information content (AvgIpc) is 3.16. The number of rotatable bonds is 6. The van der Waals surface area contributed by atoms with Crippen LogP contribution >= 0.6 is 0 Å². The molecule has 0 saturated heterocycles. The van der Waals surface area contributed by atoms with Gasteiger partial charge in [0.05, 0.1) is 29.4 Å². The topological polar surface area (TPSA) is 189 Å². The van der Waals surface area contributed by atoms with E-state index in [1.54, 1.807) is 30.5 Å². The zero-order valence-corrected chi connectivity index (χ0v) is 20.2. The first kappa shape index (κ1) is 28.8. The van der Waals surface area contributed by atoms with E-state index in [1.165, 1.54) is 39.5 Å². The standard InChI is InChI=1S/C22H15F3N6O3.H2O4S/c23-22(24,25)34-18-9-14(10-26)4-5-15(18)11-28-20(32)16-6-7-19-29-31(21(33)30(19)12-16)13-17-3-1-2-8-27-17;1-5(2,3)4/h1-9,12H,11,13H2,(H,28,32);(H2,1,2,3,4). The molecule has 0 aliphatic carbocycles. The molecule has 4 aromatic rings. The van der Waals surface area contributed by atoms with Gasteiger partial charge in [0.1, 0.15) is 5.75 Å². The van der Waals surface area contributed by atoms with Gasteiger partial charge in [-0.15, -0.1) is 18.3 Å². The number of amides is 1. The summed E-state index contributed by atoms with van der Waals surface area (Å²) in [6.07, 6.45) is -2.08. The SMILES string of the molecule is N#Cc1ccc(CNC(=O)c2ccc3nn(Cc4ccccn4)c(=O)n3c2)c(OC(F)(F)F)c1.O=S(=O)(O)O. The fourth-order valence-corrected chi connectivity index (χ4v) is 3.17. The van der Waals surface area contributed by atoms with Crippen LogP contribution in [0.15, 0.2) is 65.7 Å². The minimum absolute atomic E-state index is 0.0195. The molecular weight excluding hydrogens is 549 g/mol. The number of aromatic nitrogens is 4. The van der Waals surface area contributed by atoms with Crippen molar-refractivity contribution in [3.63, 3.8) is 0 Å². The third-order valence-electron chi connectivity index (χ3n) is 4.74. The lowest BCUT2D eigenvalue weighted by Crippen LogP contribution is -2.26. The van der Waals surface area contributed by atoms with E-state index in [-0.39, 0.29) is 29.8 Å². The van der Waals surface area contributed by atoms with Gasteiger partial charge in [-0.3, -0.25) is 18.9 Å². The predicted molar refractivity (Wildman–Crippen MR) is 126 cm³/mol. The fourth-order valence-electron chi connectivity index (χ4n) is 3.17. The Balaban J connectivity index is 0.000000771. The van der Waals surface area contributed by atoms with Crippen LogP contribution in [-0.2, 0) is 23.5 Å². The number of nitrogens with zero attached hydrogens (tertiary/aromatic N) is 5.